The van der Waals surface area contributed by atoms with Crippen LogP contribution in [-0.4, -0.2) is 28.2 Å². The van der Waals surface area contributed by atoms with Crippen LogP contribution in [0.3, 0.4) is 0 Å². The first kappa shape index (κ1) is 19.8. The van der Waals surface area contributed by atoms with Gasteiger partial charge in [-0.15, -0.1) is 0 Å². The second-order valence-corrected chi connectivity index (χ2v) is 7.68. The number of hydrogen-bond donors (Lipinski definition) is 0. The SMILES string of the molecule is Cc1ccc(N(C)C)c2ccccc12.Cc1cccc2c(N(C)C)cccc12. The number of hydrogen-bond acceptors (Lipinski definition) is 2. The lowest BCUT2D eigenvalue weighted by atomic mass is 10.0. The Morgan fingerprint density at radius 1 is 0.429 bits per heavy atom. The van der Waals surface area contributed by atoms with Gasteiger partial charge in [-0.05, 0) is 47.9 Å². The van der Waals surface area contributed by atoms with Gasteiger partial charge in [0, 0.05) is 50.3 Å². The predicted molar refractivity (Wildman–Crippen MR) is 126 cm³/mol. The van der Waals surface area contributed by atoms with Crippen LogP contribution < -0.4 is 9.80 Å². The van der Waals surface area contributed by atoms with Gasteiger partial charge in [-0.1, -0.05) is 60.7 Å². The van der Waals surface area contributed by atoms with E-state index >= 15 is 0 Å². The summed E-state index contributed by atoms with van der Waals surface area (Å²) >= 11 is 0. The molecular formula is C26H30N2. The van der Waals surface area contributed by atoms with Gasteiger partial charge in [0.25, 0.3) is 0 Å². The maximum Gasteiger partial charge on any atom is 0.0440 e. The summed E-state index contributed by atoms with van der Waals surface area (Å²) in [6, 6.07) is 25.8. The Kier molecular flexibility index (Phi) is 5.89. The fourth-order valence-corrected chi connectivity index (χ4v) is 3.66. The summed E-state index contributed by atoms with van der Waals surface area (Å²) < 4.78 is 0. The van der Waals surface area contributed by atoms with Crippen molar-refractivity contribution < 1.29 is 0 Å². The van der Waals surface area contributed by atoms with E-state index in [0.29, 0.717) is 0 Å². The molecule has 0 spiro atoms. The normalized spacial score (nSPS) is 10.5. The second kappa shape index (κ2) is 8.35. The number of nitrogens with zero attached hydrogens (tertiary/aromatic N) is 2. The minimum absolute atomic E-state index is 1.28. The maximum absolute atomic E-state index is 2.18. The van der Waals surface area contributed by atoms with Crippen LogP contribution in [0.5, 0.6) is 0 Å². The Morgan fingerprint density at radius 2 is 0.857 bits per heavy atom. The first-order chi connectivity index (χ1) is 13.4. The molecule has 28 heavy (non-hydrogen) atoms. The van der Waals surface area contributed by atoms with E-state index in [2.05, 4.69) is 125 Å². The topological polar surface area (TPSA) is 6.48 Å². The summed E-state index contributed by atoms with van der Waals surface area (Å²) in [5.74, 6) is 0. The molecule has 0 amide bonds. The predicted octanol–water partition coefficient (Wildman–Crippen LogP) is 6.43. The zero-order valence-electron chi connectivity index (χ0n) is 17.8. The van der Waals surface area contributed by atoms with Crippen LogP contribution in [0.2, 0.25) is 0 Å². The largest absolute Gasteiger partial charge is 0.377 e. The van der Waals surface area contributed by atoms with Gasteiger partial charge in [0.1, 0.15) is 0 Å². The third-order valence-electron chi connectivity index (χ3n) is 5.20. The number of fused-ring (bicyclic) bond motifs is 2. The van der Waals surface area contributed by atoms with E-state index in [1.807, 2.05) is 0 Å². The van der Waals surface area contributed by atoms with E-state index in [1.165, 1.54) is 44.0 Å². The lowest BCUT2D eigenvalue weighted by Crippen LogP contribution is -2.09. The standard InChI is InChI=1S/2C13H15N/c1-10-6-4-8-12-11(10)7-5-9-13(12)14(2)3;1-10-8-9-13(14(2)3)12-7-5-4-6-11(10)12/h2*4-9H,1-3H3. The molecule has 0 N–H and O–H groups in total. The zero-order valence-corrected chi connectivity index (χ0v) is 17.8. The molecule has 4 aromatic rings. The van der Waals surface area contributed by atoms with Gasteiger partial charge in [0.15, 0.2) is 0 Å². The highest BCUT2D eigenvalue weighted by Crippen LogP contribution is 2.28. The smallest absolute Gasteiger partial charge is 0.0440 e. The fraction of sp³-hybridized carbons (Fsp3) is 0.231. The third kappa shape index (κ3) is 3.96. The van der Waals surface area contributed by atoms with Gasteiger partial charge >= 0.3 is 0 Å². The highest BCUT2D eigenvalue weighted by molar-refractivity contribution is 5.96. The van der Waals surface area contributed by atoms with Crippen molar-refractivity contribution >= 4 is 32.9 Å². The molecule has 144 valence electrons. The van der Waals surface area contributed by atoms with Crippen molar-refractivity contribution in [3.8, 4) is 0 Å². The number of benzene rings is 4. The van der Waals surface area contributed by atoms with Crippen molar-refractivity contribution in [1.82, 2.24) is 0 Å². The van der Waals surface area contributed by atoms with Crippen LogP contribution >= 0.6 is 0 Å². The number of rotatable bonds is 2. The Labute approximate surface area is 169 Å². The Balaban J connectivity index is 0.000000161. The lowest BCUT2D eigenvalue weighted by molar-refractivity contribution is 1.14. The summed E-state index contributed by atoms with van der Waals surface area (Å²) in [6.07, 6.45) is 0. The molecule has 0 aliphatic carbocycles. The molecule has 0 bridgehead atoms. The molecule has 2 nitrogen and oxygen atoms in total. The first-order valence-corrected chi connectivity index (χ1v) is 9.71. The Morgan fingerprint density at radius 3 is 1.46 bits per heavy atom. The van der Waals surface area contributed by atoms with Crippen molar-refractivity contribution in [1.29, 1.82) is 0 Å². The van der Waals surface area contributed by atoms with Crippen LogP contribution in [0.4, 0.5) is 11.4 Å². The quantitative estimate of drug-likeness (QED) is 0.401. The van der Waals surface area contributed by atoms with Gasteiger partial charge in [-0.3, -0.25) is 0 Å². The van der Waals surface area contributed by atoms with Gasteiger partial charge in [0.05, 0.1) is 0 Å². The van der Waals surface area contributed by atoms with Crippen molar-refractivity contribution in [2.45, 2.75) is 13.8 Å². The summed E-state index contributed by atoms with van der Waals surface area (Å²) in [7, 11) is 8.32. The molecule has 4 rings (SSSR count). The van der Waals surface area contributed by atoms with E-state index < -0.39 is 0 Å². The molecule has 0 atom stereocenters. The molecule has 0 aliphatic heterocycles. The van der Waals surface area contributed by atoms with Crippen molar-refractivity contribution in [3.63, 3.8) is 0 Å². The number of anilines is 2. The molecule has 0 saturated carbocycles. The molecule has 0 fully saturated rings. The maximum atomic E-state index is 2.18. The van der Waals surface area contributed by atoms with Crippen LogP contribution in [0, 0.1) is 13.8 Å². The first-order valence-electron chi connectivity index (χ1n) is 9.71. The summed E-state index contributed by atoms with van der Waals surface area (Å²) in [4.78, 5) is 4.31. The molecule has 4 aromatic carbocycles. The highest BCUT2D eigenvalue weighted by Gasteiger charge is 2.04. The average Bonchev–Trinajstić information content (AvgIpc) is 2.68. The van der Waals surface area contributed by atoms with Gasteiger partial charge < -0.3 is 9.80 Å². The Bertz CT molecular complexity index is 1050. The van der Waals surface area contributed by atoms with Crippen molar-refractivity contribution in [2.24, 2.45) is 0 Å². The van der Waals surface area contributed by atoms with Crippen LogP contribution in [0.1, 0.15) is 11.1 Å². The third-order valence-corrected chi connectivity index (χ3v) is 5.20. The van der Waals surface area contributed by atoms with Crippen LogP contribution in [0.15, 0.2) is 72.8 Å². The minimum atomic E-state index is 1.28. The fourth-order valence-electron chi connectivity index (χ4n) is 3.66. The molecule has 0 radical (unpaired) electrons. The molecule has 2 heteroatoms. The molecule has 0 aliphatic rings. The Hall–Kier alpha value is -3.00. The summed E-state index contributed by atoms with van der Waals surface area (Å²) in [5.41, 5.74) is 5.25. The summed E-state index contributed by atoms with van der Waals surface area (Å²) in [6.45, 7) is 4.31. The van der Waals surface area contributed by atoms with E-state index in [1.54, 1.807) is 0 Å². The van der Waals surface area contributed by atoms with E-state index in [4.69, 9.17) is 0 Å². The van der Waals surface area contributed by atoms with Crippen molar-refractivity contribution in [3.05, 3.63) is 83.9 Å². The van der Waals surface area contributed by atoms with Crippen LogP contribution in [-0.2, 0) is 0 Å². The molecule has 0 heterocycles. The molecular weight excluding hydrogens is 340 g/mol. The van der Waals surface area contributed by atoms with Gasteiger partial charge in [0.2, 0.25) is 0 Å². The molecule has 0 aromatic heterocycles. The second-order valence-electron chi connectivity index (χ2n) is 7.68. The van der Waals surface area contributed by atoms with E-state index in [9.17, 15) is 0 Å². The number of aryl methyl sites for hydroxylation is 2. The van der Waals surface area contributed by atoms with E-state index in [-0.39, 0.29) is 0 Å². The van der Waals surface area contributed by atoms with Gasteiger partial charge in [-0.25, -0.2) is 0 Å². The molecule has 0 saturated heterocycles. The summed E-state index contributed by atoms with van der Waals surface area (Å²) in [5, 5.41) is 5.35. The lowest BCUT2D eigenvalue weighted by Gasteiger charge is -2.16. The minimum Gasteiger partial charge on any atom is -0.377 e. The monoisotopic (exact) mass is 370 g/mol. The van der Waals surface area contributed by atoms with Gasteiger partial charge in [-0.2, -0.15) is 0 Å². The highest BCUT2D eigenvalue weighted by atomic mass is 15.1. The van der Waals surface area contributed by atoms with Crippen LogP contribution in [0.25, 0.3) is 21.5 Å². The van der Waals surface area contributed by atoms with Crippen molar-refractivity contribution in [2.75, 3.05) is 38.0 Å². The average molecular weight is 371 g/mol. The zero-order chi connectivity index (χ0) is 20.3. The van der Waals surface area contributed by atoms with E-state index in [0.717, 1.165) is 0 Å². The molecule has 0 unspecified atom stereocenters.